The van der Waals surface area contributed by atoms with E-state index in [2.05, 4.69) is 18.6 Å². The Morgan fingerprint density at radius 3 is 2.61 bits per heavy atom. The number of anilines is 1. The number of nitrogen functional groups attached to an aromatic ring is 1. The van der Waals surface area contributed by atoms with Crippen molar-refractivity contribution in [2.45, 2.75) is 38.5 Å². The first kappa shape index (κ1) is 15.0. The van der Waals surface area contributed by atoms with Crippen molar-refractivity contribution in [3.63, 3.8) is 0 Å². The molecule has 0 aliphatic heterocycles. The Kier molecular flexibility index (Phi) is 5.16. The first-order valence-electron chi connectivity index (χ1n) is 6.18. The monoisotopic (exact) mass is 270 g/mol. The standard InChI is InChI=1S/C13H22N2O2S/c1-10(2)5-4-8-15-18(16,17)13-9-12(14)7-6-11(13)3/h6-7,9-10,15H,4-5,8,14H2,1-3H3. The Hall–Kier alpha value is -1.07. The minimum absolute atomic E-state index is 0.270. The van der Waals surface area contributed by atoms with E-state index in [0.29, 0.717) is 23.7 Å². The van der Waals surface area contributed by atoms with Gasteiger partial charge in [-0.05, 0) is 43.4 Å². The van der Waals surface area contributed by atoms with Gasteiger partial charge in [0.2, 0.25) is 10.0 Å². The van der Waals surface area contributed by atoms with Crippen LogP contribution in [-0.4, -0.2) is 15.0 Å². The molecule has 1 aromatic rings. The molecule has 5 heteroatoms. The summed E-state index contributed by atoms with van der Waals surface area (Å²) in [5, 5.41) is 0. The van der Waals surface area contributed by atoms with Crippen molar-refractivity contribution in [1.29, 1.82) is 0 Å². The van der Waals surface area contributed by atoms with Gasteiger partial charge >= 0.3 is 0 Å². The molecule has 1 aromatic carbocycles. The number of sulfonamides is 1. The van der Waals surface area contributed by atoms with E-state index in [0.717, 1.165) is 12.8 Å². The lowest BCUT2D eigenvalue weighted by atomic mass is 10.1. The Balaban J connectivity index is 2.71. The Morgan fingerprint density at radius 2 is 2.00 bits per heavy atom. The summed E-state index contributed by atoms with van der Waals surface area (Å²) >= 11 is 0. The van der Waals surface area contributed by atoms with Crippen LogP contribution >= 0.6 is 0 Å². The molecule has 0 radical (unpaired) electrons. The van der Waals surface area contributed by atoms with Crippen LogP contribution in [-0.2, 0) is 10.0 Å². The van der Waals surface area contributed by atoms with Gasteiger partial charge in [0.1, 0.15) is 0 Å². The number of rotatable bonds is 6. The van der Waals surface area contributed by atoms with E-state index in [1.54, 1.807) is 19.1 Å². The first-order chi connectivity index (χ1) is 8.33. The molecule has 0 fully saturated rings. The number of hydrogen-bond donors (Lipinski definition) is 2. The molecule has 0 spiro atoms. The summed E-state index contributed by atoms with van der Waals surface area (Å²) in [5.74, 6) is 0.587. The summed E-state index contributed by atoms with van der Waals surface area (Å²) in [7, 11) is -3.44. The molecule has 0 aromatic heterocycles. The van der Waals surface area contributed by atoms with Gasteiger partial charge in [0.05, 0.1) is 4.90 Å². The van der Waals surface area contributed by atoms with Crippen molar-refractivity contribution in [2.24, 2.45) is 5.92 Å². The highest BCUT2D eigenvalue weighted by atomic mass is 32.2. The Labute approximate surface area is 110 Å². The first-order valence-corrected chi connectivity index (χ1v) is 7.67. The van der Waals surface area contributed by atoms with Gasteiger partial charge in [-0.2, -0.15) is 0 Å². The molecule has 0 saturated carbocycles. The topological polar surface area (TPSA) is 72.2 Å². The van der Waals surface area contributed by atoms with Crippen LogP contribution in [0.3, 0.4) is 0 Å². The minimum atomic E-state index is -3.44. The fourth-order valence-electron chi connectivity index (χ4n) is 1.70. The van der Waals surface area contributed by atoms with Crippen molar-refractivity contribution in [3.8, 4) is 0 Å². The lowest BCUT2D eigenvalue weighted by Crippen LogP contribution is -2.25. The average molecular weight is 270 g/mol. The van der Waals surface area contributed by atoms with Crippen LogP contribution in [0.5, 0.6) is 0 Å². The van der Waals surface area contributed by atoms with E-state index in [-0.39, 0.29) is 4.90 Å². The highest BCUT2D eigenvalue weighted by Gasteiger charge is 2.16. The van der Waals surface area contributed by atoms with Gasteiger partial charge in [-0.1, -0.05) is 19.9 Å². The molecule has 1 rings (SSSR count). The third kappa shape index (κ3) is 4.31. The van der Waals surface area contributed by atoms with E-state index in [9.17, 15) is 8.42 Å². The van der Waals surface area contributed by atoms with E-state index in [1.165, 1.54) is 6.07 Å². The molecular weight excluding hydrogens is 248 g/mol. The molecular formula is C13H22N2O2S. The van der Waals surface area contributed by atoms with Crippen LogP contribution in [0, 0.1) is 12.8 Å². The maximum Gasteiger partial charge on any atom is 0.240 e. The van der Waals surface area contributed by atoms with Crippen LogP contribution < -0.4 is 10.5 Å². The van der Waals surface area contributed by atoms with E-state index >= 15 is 0 Å². The van der Waals surface area contributed by atoms with Crippen molar-refractivity contribution in [2.75, 3.05) is 12.3 Å². The largest absolute Gasteiger partial charge is 0.399 e. The quantitative estimate of drug-likeness (QED) is 0.615. The third-order valence-corrected chi connectivity index (χ3v) is 4.36. The second-order valence-corrected chi connectivity index (χ2v) is 6.69. The van der Waals surface area contributed by atoms with Gasteiger partial charge in [0, 0.05) is 12.2 Å². The highest BCUT2D eigenvalue weighted by Crippen LogP contribution is 2.18. The number of aryl methyl sites for hydroxylation is 1. The summed E-state index contributed by atoms with van der Waals surface area (Å²) in [4.78, 5) is 0.270. The number of nitrogens with one attached hydrogen (secondary N) is 1. The fourth-order valence-corrected chi connectivity index (χ4v) is 3.05. The minimum Gasteiger partial charge on any atom is -0.399 e. The Bertz CT molecular complexity index is 496. The zero-order valence-electron chi connectivity index (χ0n) is 11.2. The van der Waals surface area contributed by atoms with Crippen LogP contribution in [0.15, 0.2) is 23.1 Å². The average Bonchev–Trinajstić information content (AvgIpc) is 2.27. The molecule has 0 atom stereocenters. The molecule has 0 unspecified atom stereocenters. The van der Waals surface area contributed by atoms with Gasteiger partial charge in [-0.25, -0.2) is 13.1 Å². The SMILES string of the molecule is Cc1ccc(N)cc1S(=O)(=O)NCCCC(C)C. The second kappa shape index (κ2) is 6.20. The van der Waals surface area contributed by atoms with E-state index in [4.69, 9.17) is 5.73 Å². The Morgan fingerprint density at radius 1 is 1.33 bits per heavy atom. The van der Waals surface area contributed by atoms with Crippen LogP contribution in [0.4, 0.5) is 5.69 Å². The lowest BCUT2D eigenvalue weighted by molar-refractivity contribution is 0.539. The molecule has 0 aliphatic carbocycles. The summed E-state index contributed by atoms with van der Waals surface area (Å²) in [5.41, 5.74) is 6.80. The van der Waals surface area contributed by atoms with E-state index in [1.807, 2.05) is 0 Å². The van der Waals surface area contributed by atoms with Crippen LogP contribution in [0.25, 0.3) is 0 Å². The number of benzene rings is 1. The fraction of sp³-hybridized carbons (Fsp3) is 0.538. The zero-order chi connectivity index (χ0) is 13.8. The summed E-state index contributed by atoms with van der Waals surface area (Å²) in [6.45, 7) is 6.48. The normalized spacial score (nSPS) is 12.0. The van der Waals surface area contributed by atoms with Crippen LogP contribution in [0.1, 0.15) is 32.3 Å². The molecule has 3 N–H and O–H groups in total. The van der Waals surface area contributed by atoms with Crippen molar-refractivity contribution in [1.82, 2.24) is 4.72 Å². The summed E-state index contributed by atoms with van der Waals surface area (Å²) in [6, 6.07) is 4.92. The molecule has 0 heterocycles. The smallest absolute Gasteiger partial charge is 0.240 e. The molecule has 102 valence electrons. The van der Waals surface area contributed by atoms with Crippen LogP contribution in [0.2, 0.25) is 0 Å². The number of nitrogens with two attached hydrogens (primary N) is 1. The lowest BCUT2D eigenvalue weighted by Gasteiger charge is -2.10. The maximum absolute atomic E-state index is 12.1. The molecule has 0 aliphatic rings. The van der Waals surface area contributed by atoms with E-state index < -0.39 is 10.0 Å². The van der Waals surface area contributed by atoms with Gasteiger partial charge in [0.25, 0.3) is 0 Å². The summed E-state index contributed by atoms with van der Waals surface area (Å²) in [6.07, 6.45) is 1.86. The molecule has 0 bridgehead atoms. The predicted octanol–water partition coefficient (Wildman–Crippen LogP) is 2.29. The highest BCUT2D eigenvalue weighted by molar-refractivity contribution is 7.89. The van der Waals surface area contributed by atoms with Crippen molar-refractivity contribution >= 4 is 15.7 Å². The second-order valence-electron chi connectivity index (χ2n) is 4.96. The summed E-state index contributed by atoms with van der Waals surface area (Å²) < 4.78 is 26.8. The zero-order valence-corrected chi connectivity index (χ0v) is 12.0. The van der Waals surface area contributed by atoms with Gasteiger partial charge in [-0.3, -0.25) is 0 Å². The number of hydrogen-bond acceptors (Lipinski definition) is 3. The van der Waals surface area contributed by atoms with Crippen molar-refractivity contribution in [3.05, 3.63) is 23.8 Å². The molecule has 4 nitrogen and oxygen atoms in total. The van der Waals surface area contributed by atoms with Gasteiger partial charge in [-0.15, -0.1) is 0 Å². The predicted molar refractivity (Wildman–Crippen MR) is 74.9 cm³/mol. The maximum atomic E-state index is 12.1. The van der Waals surface area contributed by atoms with Gasteiger partial charge < -0.3 is 5.73 Å². The third-order valence-electron chi connectivity index (χ3n) is 2.75. The molecule has 18 heavy (non-hydrogen) atoms. The van der Waals surface area contributed by atoms with Crippen molar-refractivity contribution < 1.29 is 8.42 Å². The molecule has 0 saturated heterocycles. The molecule has 0 amide bonds. The van der Waals surface area contributed by atoms with Gasteiger partial charge in [0.15, 0.2) is 0 Å².